The van der Waals surface area contributed by atoms with Crippen molar-refractivity contribution in [1.29, 1.82) is 0 Å². The zero-order valence-electron chi connectivity index (χ0n) is 9.40. The Kier molecular flexibility index (Phi) is 4.80. The van der Waals surface area contributed by atoms with Crippen LogP contribution in [0.15, 0.2) is 21.1 Å². The predicted molar refractivity (Wildman–Crippen MR) is 73.7 cm³/mol. The summed E-state index contributed by atoms with van der Waals surface area (Å²) >= 11 is 6.95. The summed E-state index contributed by atoms with van der Waals surface area (Å²) in [5.74, 6) is -0.0422. The van der Waals surface area contributed by atoms with Gasteiger partial charge in [-0.25, -0.2) is 0 Å². The average molecular weight is 350 g/mol. The monoisotopic (exact) mass is 348 g/mol. The number of amides is 1. The molecule has 1 amide bonds. The van der Waals surface area contributed by atoms with Crippen molar-refractivity contribution in [3.8, 4) is 0 Å². The van der Waals surface area contributed by atoms with Gasteiger partial charge in [-0.05, 0) is 63.4 Å². The lowest BCUT2D eigenvalue weighted by molar-refractivity contribution is -0.121. The molecule has 0 heterocycles. The number of likely N-dealkylation sites (N-methyl/N-ethyl adjacent to an activating group) is 1. The van der Waals surface area contributed by atoms with Crippen molar-refractivity contribution in [3.63, 3.8) is 0 Å². The van der Waals surface area contributed by atoms with E-state index in [1.165, 1.54) is 0 Å². The third-order valence-corrected chi connectivity index (χ3v) is 3.44. The van der Waals surface area contributed by atoms with Gasteiger partial charge in [0.1, 0.15) is 6.04 Å². The van der Waals surface area contributed by atoms with Crippen molar-refractivity contribution in [1.82, 2.24) is 5.32 Å². The molecule has 0 aliphatic rings. The molecule has 16 heavy (non-hydrogen) atoms. The van der Waals surface area contributed by atoms with E-state index in [4.69, 9.17) is 0 Å². The molecule has 1 atom stereocenters. The van der Waals surface area contributed by atoms with Crippen LogP contribution in [-0.4, -0.2) is 19.0 Å². The fourth-order valence-corrected chi connectivity index (χ4v) is 2.98. The maximum Gasteiger partial charge on any atom is 0.241 e. The highest BCUT2D eigenvalue weighted by Gasteiger charge is 2.14. The third kappa shape index (κ3) is 3.22. The molecule has 0 saturated heterocycles. The van der Waals surface area contributed by atoms with Gasteiger partial charge in [-0.15, -0.1) is 0 Å². The van der Waals surface area contributed by atoms with E-state index in [0.29, 0.717) is 0 Å². The SMILES string of the molecule is CNC(=O)C(C)Nc1c(Br)cc(C)cc1Br. The van der Waals surface area contributed by atoms with Crippen molar-refractivity contribution in [2.24, 2.45) is 0 Å². The molecule has 0 aromatic heterocycles. The molecule has 3 nitrogen and oxygen atoms in total. The van der Waals surface area contributed by atoms with Crippen LogP contribution in [0.4, 0.5) is 5.69 Å². The van der Waals surface area contributed by atoms with Crippen LogP contribution in [0.5, 0.6) is 0 Å². The first-order chi connectivity index (χ1) is 7.45. The summed E-state index contributed by atoms with van der Waals surface area (Å²) < 4.78 is 1.88. The van der Waals surface area contributed by atoms with Gasteiger partial charge in [-0.1, -0.05) is 0 Å². The van der Waals surface area contributed by atoms with E-state index in [1.807, 2.05) is 26.0 Å². The summed E-state index contributed by atoms with van der Waals surface area (Å²) in [5.41, 5.74) is 2.04. The van der Waals surface area contributed by atoms with Gasteiger partial charge in [0, 0.05) is 16.0 Å². The summed E-state index contributed by atoms with van der Waals surface area (Å²) in [6, 6.07) is 3.73. The lowest BCUT2D eigenvalue weighted by atomic mass is 10.2. The van der Waals surface area contributed by atoms with Crippen molar-refractivity contribution in [2.75, 3.05) is 12.4 Å². The first-order valence-electron chi connectivity index (χ1n) is 4.89. The number of halogens is 2. The summed E-state index contributed by atoms with van der Waals surface area (Å²) in [6.45, 7) is 3.83. The Morgan fingerprint density at radius 2 is 1.81 bits per heavy atom. The number of aryl methyl sites for hydroxylation is 1. The van der Waals surface area contributed by atoms with Gasteiger partial charge in [0.15, 0.2) is 0 Å². The molecule has 1 aromatic rings. The molecular formula is C11H14Br2N2O. The van der Waals surface area contributed by atoms with E-state index >= 15 is 0 Å². The van der Waals surface area contributed by atoms with E-state index in [2.05, 4.69) is 42.5 Å². The Balaban J connectivity index is 2.93. The van der Waals surface area contributed by atoms with E-state index in [-0.39, 0.29) is 11.9 Å². The summed E-state index contributed by atoms with van der Waals surface area (Å²) in [5, 5.41) is 5.75. The maximum atomic E-state index is 11.4. The summed E-state index contributed by atoms with van der Waals surface area (Å²) in [7, 11) is 1.62. The number of carbonyl (C=O) groups excluding carboxylic acids is 1. The first kappa shape index (κ1) is 13.5. The molecule has 0 aliphatic carbocycles. The second kappa shape index (κ2) is 5.68. The van der Waals surface area contributed by atoms with Gasteiger partial charge in [-0.2, -0.15) is 0 Å². The molecular weight excluding hydrogens is 336 g/mol. The number of anilines is 1. The number of hydrogen-bond acceptors (Lipinski definition) is 2. The Bertz CT molecular complexity index is 384. The highest BCUT2D eigenvalue weighted by atomic mass is 79.9. The molecule has 0 bridgehead atoms. The smallest absolute Gasteiger partial charge is 0.241 e. The Hall–Kier alpha value is -0.550. The number of rotatable bonds is 3. The van der Waals surface area contributed by atoms with Gasteiger partial charge < -0.3 is 10.6 Å². The van der Waals surface area contributed by atoms with Gasteiger partial charge in [0.05, 0.1) is 5.69 Å². The second-order valence-electron chi connectivity index (χ2n) is 3.58. The lowest BCUT2D eigenvalue weighted by Gasteiger charge is -2.16. The van der Waals surface area contributed by atoms with Crippen LogP contribution in [0, 0.1) is 6.92 Å². The number of benzene rings is 1. The van der Waals surface area contributed by atoms with Crippen molar-refractivity contribution in [3.05, 3.63) is 26.6 Å². The highest BCUT2D eigenvalue weighted by molar-refractivity contribution is 9.11. The molecule has 0 radical (unpaired) electrons. The minimum atomic E-state index is -0.277. The number of hydrogen-bond donors (Lipinski definition) is 2. The van der Waals surface area contributed by atoms with Crippen LogP contribution in [-0.2, 0) is 4.79 Å². The zero-order chi connectivity index (χ0) is 12.3. The van der Waals surface area contributed by atoms with E-state index in [9.17, 15) is 4.79 Å². The van der Waals surface area contributed by atoms with E-state index < -0.39 is 0 Å². The fraction of sp³-hybridized carbons (Fsp3) is 0.364. The Morgan fingerprint density at radius 3 is 2.25 bits per heavy atom. The van der Waals surface area contributed by atoms with Crippen molar-refractivity contribution in [2.45, 2.75) is 19.9 Å². The van der Waals surface area contributed by atoms with E-state index in [0.717, 1.165) is 20.2 Å². The van der Waals surface area contributed by atoms with Crippen LogP contribution < -0.4 is 10.6 Å². The number of carbonyl (C=O) groups is 1. The summed E-state index contributed by atoms with van der Waals surface area (Å²) in [4.78, 5) is 11.4. The predicted octanol–water partition coefficient (Wildman–Crippen LogP) is 3.07. The van der Waals surface area contributed by atoms with Crippen LogP contribution in [0.25, 0.3) is 0 Å². The van der Waals surface area contributed by atoms with Crippen LogP contribution in [0.2, 0.25) is 0 Å². The van der Waals surface area contributed by atoms with Crippen LogP contribution in [0.3, 0.4) is 0 Å². The second-order valence-corrected chi connectivity index (χ2v) is 5.29. The maximum absolute atomic E-state index is 11.4. The van der Waals surface area contributed by atoms with Gasteiger partial charge in [0.2, 0.25) is 5.91 Å². The first-order valence-corrected chi connectivity index (χ1v) is 6.48. The van der Waals surface area contributed by atoms with Crippen molar-refractivity contribution >= 4 is 43.5 Å². The third-order valence-electron chi connectivity index (χ3n) is 2.19. The van der Waals surface area contributed by atoms with Gasteiger partial charge >= 0.3 is 0 Å². The zero-order valence-corrected chi connectivity index (χ0v) is 12.6. The molecule has 1 rings (SSSR count). The molecule has 2 N–H and O–H groups in total. The fourth-order valence-electron chi connectivity index (χ4n) is 1.34. The molecule has 0 aliphatic heterocycles. The molecule has 88 valence electrons. The standard InChI is InChI=1S/C11H14Br2N2O/c1-6-4-8(12)10(9(13)5-6)15-7(2)11(16)14-3/h4-5,7,15H,1-3H3,(H,14,16). The molecule has 5 heteroatoms. The van der Waals surface area contributed by atoms with Gasteiger partial charge in [0.25, 0.3) is 0 Å². The quantitative estimate of drug-likeness (QED) is 0.880. The van der Waals surface area contributed by atoms with E-state index in [1.54, 1.807) is 7.05 Å². The molecule has 1 unspecified atom stereocenters. The molecule has 1 aromatic carbocycles. The molecule has 0 saturated carbocycles. The van der Waals surface area contributed by atoms with Crippen molar-refractivity contribution < 1.29 is 4.79 Å². The van der Waals surface area contributed by atoms with Crippen LogP contribution >= 0.6 is 31.9 Å². The molecule has 0 spiro atoms. The minimum Gasteiger partial charge on any atom is -0.372 e. The Morgan fingerprint density at radius 1 is 1.31 bits per heavy atom. The largest absolute Gasteiger partial charge is 0.372 e. The molecule has 0 fully saturated rings. The van der Waals surface area contributed by atoms with Gasteiger partial charge in [-0.3, -0.25) is 4.79 Å². The minimum absolute atomic E-state index is 0.0422. The lowest BCUT2D eigenvalue weighted by Crippen LogP contribution is -2.35. The topological polar surface area (TPSA) is 41.1 Å². The van der Waals surface area contributed by atoms with Crippen LogP contribution in [0.1, 0.15) is 12.5 Å². The highest BCUT2D eigenvalue weighted by Crippen LogP contribution is 2.32. The number of nitrogens with one attached hydrogen (secondary N) is 2. The summed E-state index contributed by atoms with van der Waals surface area (Å²) in [6.07, 6.45) is 0. The average Bonchev–Trinajstić information content (AvgIpc) is 2.21. The Labute approximate surface area is 112 Å². The normalized spacial score (nSPS) is 12.1.